The van der Waals surface area contributed by atoms with Crippen molar-refractivity contribution in [2.45, 2.75) is 33.3 Å². The SMILES string of the molecule is C.CCC(=O)NCC1CN(c2cc(F)c(N3C=CC(=O)CC3)c(F)c2F)C(=O)O1.[HH]. The highest BCUT2D eigenvalue weighted by molar-refractivity contribution is 5.92. The Morgan fingerprint density at radius 1 is 1.31 bits per heavy atom. The molecular weight excluding hydrogens is 391 g/mol. The molecule has 160 valence electrons. The maximum atomic E-state index is 14.6. The van der Waals surface area contributed by atoms with Gasteiger partial charge in [0.05, 0.1) is 18.8 Å². The van der Waals surface area contributed by atoms with Crippen LogP contribution in [0.1, 0.15) is 28.6 Å². The standard InChI is InChI=1S/C18H18F3N3O4.CH4.H2/c1-2-14(26)22-8-11-9-24(18(27)28-11)13-7-12(19)17(16(21)15(13)20)23-5-3-10(25)4-6-23;;/h3,5,7,11H,2,4,6,8-9H2,1H3,(H,22,26);1H4;1H. The predicted octanol–water partition coefficient (Wildman–Crippen LogP) is 3.13. The molecule has 0 saturated carbocycles. The Hall–Kier alpha value is -3.04. The van der Waals surface area contributed by atoms with E-state index in [9.17, 15) is 27.6 Å². The summed E-state index contributed by atoms with van der Waals surface area (Å²) in [4.78, 5) is 36.4. The third kappa shape index (κ3) is 4.52. The van der Waals surface area contributed by atoms with Crippen molar-refractivity contribution in [1.29, 1.82) is 0 Å². The molecule has 0 radical (unpaired) electrons. The van der Waals surface area contributed by atoms with Crippen molar-refractivity contribution in [3.8, 4) is 0 Å². The van der Waals surface area contributed by atoms with E-state index in [1.165, 1.54) is 6.20 Å². The Balaban J connectivity index is 0.00000225. The summed E-state index contributed by atoms with van der Waals surface area (Å²) in [6.45, 7) is 1.49. The monoisotopic (exact) mass is 415 g/mol. The number of carbonyl (C=O) groups excluding carboxylic acids is 3. The van der Waals surface area contributed by atoms with E-state index < -0.39 is 41.0 Å². The van der Waals surface area contributed by atoms with Crippen LogP contribution in [0.2, 0.25) is 0 Å². The topological polar surface area (TPSA) is 79.0 Å². The van der Waals surface area contributed by atoms with Gasteiger partial charge >= 0.3 is 6.09 Å². The third-order valence-electron chi connectivity index (χ3n) is 4.45. The predicted molar refractivity (Wildman–Crippen MR) is 102 cm³/mol. The molecule has 2 aliphatic heterocycles. The van der Waals surface area contributed by atoms with E-state index in [0.717, 1.165) is 15.9 Å². The van der Waals surface area contributed by atoms with Crippen molar-refractivity contribution in [3.63, 3.8) is 0 Å². The van der Waals surface area contributed by atoms with E-state index in [-0.39, 0.29) is 53.0 Å². The zero-order chi connectivity index (χ0) is 20.4. The molecule has 7 nitrogen and oxygen atoms in total. The maximum absolute atomic E-state index is 14.6. The number of allylic oxidation sites excluding steroid dienone is 1. The first-order chi connectivity index (χ1) is 13.3. The van der Waals surface area contributed by atoms with Crippen LogP contribution < -0.4 is 15.1 Å². The molecule has 29 heavy (non-hydrogen) atoms. The van der Waals surface area contributed by atoms with Crippen LogP contribution in [0.5, 0.6) is 0 Å². The summed E-state index contributed by atoms with van der Waals surface area (Å²) in [6, 6.07) is 0.715. The third-order valence-corrected chi connectivity index (χ3v) is 4.45. The first kappa shape index (κ1) is 22.3. The molecule has 1 saturated heterocycles. The molecule has 1 fully saturated rings. The minimum absolute atomic E-state index is 0. The van der Waals surface area contributed by atoms with Crippen LogP contribution in [0.3, 0.4) is 0 Å². The molecule has 1 atom stereocenters. The van der Waals surface area contributed by atoms with Gasteiger partial charge in [-0.25, -0.2) is 18.0 Å². The summed E-state index contributed by atoms with van der Waals surface area (Å²) < 4.78 is 48.8. The fourth-order valence-corrected chi connectivity index (χ4v) is 2.96. The van der Waals surface area contributed by atoms with Gasteiger partial charge in [-0.1, -0.05) is 14.4 Å². The lowest BCUT2D eigenvalue weighted by Gasteiger charge is -2.25. The number of halogens is 3. The second-order valence-corrected chi connectivity index (χ2v) is 6.35. The van der Waals surface area contributed by atoms with E-state index in [0.29, 0.717) is 6.07 Å². The quantitative estimate of drug-likeness (QED) is 0.748. The number of ketones is 1. The molecule has 3 rings (SSSR count). The highest BCUT2D eigenvalue weighted by atomic mass is 19.2. The molecule has 2 heterocycles. The molecule has 0 spiro atoms. The van der Waals surface area contributed by atoms with Gasteiger partial charge in [0.25, 0.3) is 0 Å². The molecule has 0 aromatic heterocycles. The molecule has 0 bridgehead atoms. The Morgan fingerprint density at radius 3 is 2.66 bits per heavy atom. The average molecular weight is 415 g/mol. The van der Waals surface area contributed by atoms with Crippen molar-refractivity contribution in [3.05, 3.63) is 35.8 Å². The number of cyclic esters (lactones) is 1. The molecule has 2 aliphatic rings. The van der Waals surface area contributed by atoms with Gasteiger partial charge in [0.15, 0.2) is 23.2 Å². The lowest BCUT2D eigenvalue weighted by molar-refractivity contribution is -0.121. The van der Waals surface area contributed by atoms with Crippen LogP contribution in [0, 0.1) is 17.5 Å². The summed E-state index contributed by atoms with van der Waals surface area (Å²) in [7, 11) is 0. The number of hydrogen-bond acceptors (Lipinski definition) is 5. The highest BCUT2D eigenvalue weighted by Crippen LogP contribution is 2.35. The summed E-state index contributed by atoms with van der Waals surface area (Å²) >= 11 is 0. The fourth-order valence-electron chi connectivity index (χ4n) is 2.96. The smallest absolute Gasteiger partial charge is 0.414 e. The van der Waals surface area contributed by atoms with Crippen LogP contribution in [-0.4, -0.2) is 43.5 Å². The number of hydrogen-bond donors (Lipinski definition) is 1. The van der Waals surface area contributed by atoms with Gasteiger partial charge in [0.1, 0.15) is 11.8 Å². The molecule has 10 heteroatoms. The summed E-state index contributed by atoms with van der Waals surface area (Å²) in [5.41, 5.74) is -1.23. The first-order valence-electron chi connectivity index (χ1n) is 8.71. The highest BCUT2D eigenvalue weighted by Gasteiger charge is 2.36. The molecular formula is C19H24F3N3O4. The van der Waals surface area contributed by atoms with E-state index >= 15 is 0 Å². The van der Waals surface area contributed by atoms with Gasteiger partial charge in [-0.2, -0.15) is 0 Å². The van der Waals surface area contributed by atoms with Crippen molar-refractivity contribution in [2.24, 2.45) is 0 Å². The van der Waals surface area contributed by atoms with Crippen LogP contribution in [0.4, 0.5) is 29.3 Å². The van der Waals surface area contributed by atoms with E-state index in [2.05, 4.69) is 5.32 Å². The molecule has 1 aromatic rings. The average Bonchev–Trinajstić information content (AvgIpc) is 3.04. The summed E-state index contributed by atoms with van der Waals surface area (Å²) in [5, 5.41) is 2.53. The molecule has 1 unspecified atom stereocenters. The minimum Gasteiger partial charge on any atom is -0.442 e. The van der Waals surface area contributed by atoms with E-state index in [1.54, 1.807) is 6.92 Å². The Bertz CT molecular complexity index is 866. The van der Waals surface area contributed by atoms with Crippen molar-refractivity contribution in [1.82, 2.24) is 5.32 Å². The number of rotatable bonds is 5. The zero-order valence-corrected chi connectivity index (χ0v) is 15.0. The molecule has 2 amide bonds. The van der Waals surface area contributed by atoms with Crippen molar-refractivity contribution >= 4 is 29.2 Å². The number of benzene rings is 1. The van der Waals surface area contributed by atoms with Gasteiger partial charge in [-0.15, -0.1) is 0 Å². The van der Waals surface area contributed by atoms with Gasteiger partial charge in [0.2, 0.25) is 5.91 Å². The number of carbonyl (C=O) groups is 3. The number of anilines is 2. The second kappa shape index (κ2) is 8.97. The van der Waals surface area contributed by atoms with E-state index in [1.807, 2.05) is 0 Å². The van der Waals surface area contributed by atoms with Crippen molar-refractivity contribution in [2.75, 3.05) is 29.4 Å². The Labute approximate surface area is 167 Å². The maximum Gasteiger partial charge on any atom is 0.414 e. The fraction of sp³-hybridized carbons (Fsp3) is 0.421. The number of nitrogens with zero attached hydrogens (tertiary/aromatic N) is 2. The van der Waals surface area contributed by atoms with Crippen LogP contribution in [0.25, 0.3) is 0 Å². The Morgan fingerprint density at radius 2 is 2.03 bits per heavy atom. The van der Waals surface area contributed by atoms with Crippen molar-refractivity contribution < 1.29 is 33.7 Å². The van der Waals surface area contributed by atoms with Gasteiger partial charge in [0, 0.05) is 33.1 Å². The summed E-state index contributed by atoms with van der Waals surface area (Å²) in [5.74, 6) is -4.41. The second-order valence-electron chi connectivity index (χ2n) is 6.35. The number of ether oxygens (including phenoxy) is 1. The van der Waals surface area contributed by atoms with Gasteiger partial charge in [-0.3, -0.25) is 14.5 Å². The lowest BCUT2D eigenvalue weighted by Crippen LogP contribution is -2.34. The molecule has 1 aromatic carbocycles. The van der Waals surface area contributed by atoms with Crippen LogP contribution in [-0.2, 0) is 14.3 Å². The van der Waals surface area contributed by atoms with Crippen LogP contribution >= 0.6 is 0 Å². The lowest BCUT2D eigenvalue weighted by atomic mass is 10.1. The summed E-state index contributed by atoms with van der Waals surface area (Å²) in [6.07, 6.45) is 0.883. The molecule has 0 aliphatic carbocycles. The van der Waals surface area contributed by atoms with E-state index in [4.69, 9.17) is 4.74 Å². The van der Waals surface area contributed by atoms with Gasteiger partial charge < -0.3 is 15.0 Å². The minimum atomic E-state index is -1.47. The van der Waals surface area contributed by atoms with Gasteiger partial charge in [-0.05, 0) is 6.08 Å². The normalized spacial score (nSPS) is 18.6. The number of nitrogens with one attached hydrogen (secondary N) is 1. The first-order valence-corrected chi connectivity index (χ1v) is 8.71. The molecule has 1 N–H and O–H groups in total. The number of amides is 2. The Kier molecular flexibility index (Phi) is 6.89. The zero-order valence-electron chi connectivity index (χ0n) is 15.0. The largest absolute Gasteiger partial charge is 0.442 e. The van der Waals surface area contributed by atoms with Crippen LogP contribution in [0.15, 0.2) is 18.3 Å².